The van der Waals surface area contributed by atoms with Crippen LogP contribution in [0.25, 0.3) is 0 Å². The molecule has 0 aliphatic carbocycles. The van der Waals surface area contributed by atoms with Crippen LogP contribution in [-0.2, 0) is 9.84 Å². The molecule has 0 fully saturated rings. The molecule has 5 heteroatoms. The maximum absolute atomic E-state index is 12.1. The zero-order valence-corrected chi connectivity index (χ0v) is 14.3. The fourth-order valence-corrected chi connectivity index (χ4v) is 4.92. The standard InChI is InChI=1S/C16H25NO2S2/c1-20-12-7-3-2-6-11-17-15-10-13-21(18,19)16-9-5-4-8-14(15)16/h4-5,8-9,15,17H,2-3,6-7,10-13H2,1H3. The number of thioether (sulfide) groups is 1. The summed E-state index contributed by atoms with van der Waals surface area (Å²) in [6.45, 7) is 0.971. The van der Waals surface area contributed by atoms with E-state index in [-0.39, 0.29) is 11.8 Å². The summed E-state index contributed by atoms with van der Waals surface area (Å²) in [7, 11) is -3.06. The Balaban J connectivity index is 1.83. The third kappa shape index (κ3) is 4.73. The highest BCUT2D eigenvalue weighted by Gasteiger charge is 2.29. The van der Waals surface area contributed by atoms with Crippen molar-refractivity contribution in [1.82, 2.24) is 5.32 Å². The minimum Gasteiger partial charge on any atom is -0.310 e. The Morgan fingerprint density at radius 3 is 2.76 bits per heavy atom. The number of nitrogens with one attached hydrogen (secondary N) is 1. The summed E-state index contributed by atoms with van der Waals surface area (Å²) in [5.41, 5.74) is 0.950. The van der Waals surface area contributed by atoms with E-state index in [1.54, 1.807) is 6.07 Å². The van der Waals surface area contributed by atoms with Gasteiger partial charge in [0.15, 0.2) is 9.84 Å². The molecular formula is C16H25NO2S2. The van der Waals surface area contributed by atoms with Crippen molar-refractivity contribution in [3.63, 3.8) is 0 Å². The molecule has 2 rings (SSSR count). The molecular weight excluding hydrogens is 302 g/mol. The van der Waals surface area contributed by atoms with Gasteiger partial charge in [0, 0.05) is 6.04 Å². The Bertz CT molecular complexity index is 543. The number of sulfone groups is 1. The summed E-state index contributed by atoms with van der Waals surface area (Å²) < 4.78 is 24.1. The highest BCUT2D eigenvalue weighted by Crippen LogP contribution is 2.31. The first-order valence-electron chi connectivity index (χ1n) is 7.69. The first kappa shape index (κ1) is 16.8. The second-order valence-corrected chi connectivity index (χ2v) is 8.62. The average Bonchev–Trinajstić information content (AvgIpc) is 2.49. The van der Waals surface area contributed by atoms with E-state index in [1.807, 2.05) is 30.0 Å². The fraction of sp³-hybridized carbons (Fsp3) is 0.625. The van der Waals surface area contributed by atoms with Gasteiger partial charge in [-0.15, -0.1) is 0 Å². The highest BCUT2D eigenvalue weighted by atomic mass is 32.2. The van der Waals surface area contributed by atoms with Crippen molar-refractivity contribution in [2.75, 3.05) is 24.3 Å². The smallest absolute Gasteiger partial charge is 0.178 e. The van der Waals surface area contributed by atoms with Crippen LogP contribution in [0.2, 0.25) is 0 Å². The molecule has 1 N–H and O–H groups in total. The third-order valence-corrected chi connectivity index (χ3v) is 6.48. The lowest BCUT2D eigenvalue weighted by Gasteiger charge is -2.26. The second kappa shape index (κ2) is 8.20. The molecule has 1 aromatic rings. The van der Waals surface area contributed by atoms with Gasteiger partial charge in [-0.2, -0.15) is 11.8 Å². The minimum absolute atomic E-state index is 0.191. The van der Waals surface area contributed by atoms with Crippen molar-refractivity contribution in [3.8, 4) is 0 Å². The predicted molar refractivity (Wildman–Crippen MR) is 90.7 cm³/mol. The van der Waals surface area contributed by atoms with Gasteiger partial charge in [0.2, 0.25) is 0 Å². The van der Waals surface area contributed by atoms with Gasteiger partial charge >= 0.3 is 0 Å². The molecule has 0 amide bonds. The number of hydrogen-bond acceptors (Lipinski definition) is 4. The molecule has 1 aromatic carbocycles. The lowest BCUT2D eigenvalue weighted by molar-refractivity contribution is 0.478. The zero-order valence-electron chi connectivity index (χ0n) is 12.7. The first-order chi connectivity index (χ1) is 10.1. The quantitative estimate of drug-likeness (QED) is 0.743. The minimum atomic E-state index is -3.06. The molecule has 1 atom stereocenters. The molecule has 21 heavy (non-hydrogen) atoms. The summed E-state index contributed by atoms with van der Waals surface area (Å²) in [5, 5.41) is 3.54. The number of fused-ring (bicyclic) bond motifs is 1. The van der Waals surface area contributed by atoms with Crippen molar-refractivity contribution >= 4 is 21.6 Å². The molecule has 3 nitrogen and oxygen atoms in total. The summed E-state index contributed by atoms with van der Waals surface area (Å²) in [6, 6.07) is 7.61. The van der Waals surface area contributed by atoms with Crippen LogP contribution in [0, 0.1) is 0 Å². The van der Waals surface area contributed by atoms with Crippen LogP contribution in [-0.4, -0.2) is 32.7 Å². The summed E-state index contributed by atoms with van der Waals surface area (Å²) in [6.07, 6.45) is 7.84. The van der Waals surface area contributed by atoms with Gasteiger partial charge in [-0.1, -0.05) is 31.0 Å². The molecule has 0 saturated carbocycles. The molecule has 0 spiro atoms. The van der Waals surface area contributed by atoms with Gasteiger partial charge in [-0.25, -0.2) is 8.42 Å². The first-order valence-corrected chi connectivity index (χ1v) is 10.7. The second-order valence-electron chi connectivity index (χ2n) is 5.56. The Labute approximate surface area is 132 Å². The van der Waals surface area contributed by atoms with Gasteiger partial charge < -0.3 is 5.32 Å². The topological polar surface area (TPSA) is 46.2 Å². The molecule has 0 saturated heterocycles. The summed E-state index contributed by atoms with van der Waals surface area (Å²) in [4.78, 5) is 0.522. The maximum atomic E-state index is 12.1. The van der Waals surface area contributed by atoms with Crippen molar-refractivity contribution in [2.24, 2.45) is 0 Å². The Hall–Kier alpha value is -0.520. The largest absolute Gasteiger partial charge is 0.310 e. The van der Waals surface area contributed by atoms with Crippen molar-refractivity contribution in [1.29, 1.82) is 0 Å². The lowest BCUT2D eigenvalue weighted by atomic mass is 10.0. The van der Waals surface area contributed by atoms with Gasteiger partial charge in [0.05, 0.1) is 10.6 Å². The van der Waals surface area contributed by atoms with Crippen LogP contribution in [0.1, 0.15) is 43.7 Å². The Morgan fingerprint density at radius 2 is 1.95 bits per heavy atom. The summed E-state index contributed by atoms with van der Waals surface area (Å²) in [5.74, 6) is 1.51. The molecule has 0 bridgehead atoms. The van der Waals surface area contributed by atoms with E-state index in [0.29, 0.717) is 11.3 Å². The van der Waals surface area contributed by atoms with E-state index >= 15 is 0 Å². The van der Waals surface area contributed by atoms with E-state index in [4.69, 9.17) is 0 Å². The number of hydrogen-bond donors (Lipinski definition) is 1. The van der Waals surface area contributed by atoms with E-state index in [1.165, 1.54) is 31.4 Å². The number of unbranched alkanes of at least 4 members (excludes halogenated alkanes) is 3. The lowest BCUT2D eigenvalue weighted by Crippen LogP contribution is -2.30. The van der Waals surface area contributed by atoms with Gasteiger partial charge in [0.25, 0.3) is 0 Å². The van der Waals surface area contributed by atoms with Crippen LogP contribution < -0.4 is 5.32 Å². The van der Waals surface area contributed by atoms with Crippen molar-refractivity contribution in [2.45, 2.75) is 43.0 Å². The van der Waals surface area contributed by atoms with Crippen LogP contribution >= 0.6 is 11.8 Å². The molecule has 0 aromatic heterocycles. The zero-order chi connectivity index (χ0) is 15.1. The van der Waals surface area contributed by atoms with Crippen molar-refractivity contribution in [3.05, 3.63) is 29.8 Å². The van der Waals surface area contributed by atoms with Gasteiger partial charge in [-0.3, -0.25) is 0 Å². The van der Waals surface area contributed by atoms with E-state index in [0.717, 1.165) is 12.1 Å². The van der Waals surface area contributed by atoms with Crippen LogP contribution in [0.15, 0.2) is 29.2 Å². The Morgan fingerprint density at radius 1 is 1.19 bits per heavy atom. The molecule has 1 unspecified atom stereocenters. The third-order valence-electron chi connectivity index (χ3n) is 3.97. The monoisotopic (exact) mass is 327 g/mol. The van der Waals surface area contributed by atoms with Crippen LogP contribution in [0.4, 0.5) is 0 Å². The highest BCUT2D eigenvalue weighted by molar-refractivity contribution is 7.98. The molecule has 1 aliphatic heterocycles. The SMILES string of the molecule is CSCCCCCCNC1CCS(=O)(=O)c2ccccc21. The molecule has 1 aliphatic rings. The van der Waals surface area contributed by atoms with E-state index in [9.17, 15) is 8.42 Å². The average molecular weight is 328 g/mol. The van der Waals surface area contributed by atoms with E-state index in [2.05, 4.69) is 11.6 Å². The van der Waals surface area contributed by atoms with Crippen molar-refractivity contribution < 1.29 is 8.42 Å². The predicted octanol–water partition coefficient (Wildman–Crippen LogP) is 3.42. The van der Waals surface area contributed by atoms with Gasteiger partial charge in [0.1, 0.15) is 0 Å². The molecule has 118 valence electrons. The van der Waals surface area contributed by atoms with E-state index < -0.39 is 9.84 Å². The Kier molecular flexibility index (Phi) is 6.58. The number of benzene rings is 1. The summed E-state index contributed by atoms with van der Waals surface area (Å²) >= 11 is 1.91. The molecule has 1 heterocycles. The normalized spacial score (nSPS) is 20.1. The fourth-order valence-electron chi connectivity index (χ4n) is 2.80. The molecule has 0 radical (unpaired) electrons. The van der Waals surface area contributed by atoms with Gasteiger partial charge in [-0.05, 0) is 49.4 Å². The van der Waals surface area contributed by atoms with Crippen LogP contribution in [0.5, 0.6) is 0 Å². The van der Waals surface area contributed by atoms with Crippen LogP contribution in [0.3, 0.4) is 0 Å². The maximum Gasteiger partial charge on any atom is 0.178 e. The number of rotatable bonds is 8.